The first-order valence-electron chi connectivity index (χ1n) is 34.9. The third-order valence-corrected chi connectivity index (χ3v) is 15.0. The molecular formula is C76H130O6. The van der Waals surface area contributed by atoms with Crippen LogP contribution in [0.3, 0.4) is 0 Å². The van der Waals surface area contributed by atoms with E-state index in [0.717, 1.165) is 116 Å². The number of carbonyl (C=O) groups excluding carboxylic acids is 3. The van der Waals surface area contributed by atoms with Gasteiger partial charge < -0.3 is 14.2 Å². The lowest BCUT2D eigenvalue weighted by Crippen LogP contribution is -2.30. The van der Waals surface area contributed by atoms with Crippen LogP contribution >= 0.6 is 0 Å². The van der Waals surface area contributed by atoms with Crippen LogP contribution in [0.5, 0.6) is 0 Å². The maximum Gasteiger partial charge on any atom is 0.306 e. The van der Waals surface area contributed by atoms with E-state index in [-0.39, 0.29) is 31.1 Å². The zero-order chi connectivity index (χ0) is 59.2. The van der Waals surface area contributed by atoms with E-state index in [0.29, 0.717) is 19.3 Å². The molecule has 470 valence electrons. The second-order valence-corrected chi connectivity index (χ2v) is 23.0. The van der Waals surface area contributed by atoms with Crippen molar-refractivity contribution >= 4 is 17.9 Å². The minimum Gasteiger partial charge on any atom is -0.462 e. The summed E-state index contributed by atoms with van der Waals surface area (Å²) in [4.78, 5) is 38.1. The summed E-state index contributed by atoms with van der Waals surface area (Å²) < 4.78 is 16.9. The molecule has 0 aliphatic rings. The Morgan fingerprint density at radius 2 is 0.476 bits per heavy atom. The van der Waals surface area contributed by atoms with Crippen molar-refractivity contribution in [3.05, 3.63) is 109 Å². The number of unbranched alkanes of at least 4 members (excludes halogenated alkanes) is 34. The van der Waals surface area contributed by atoms with Crippen LogP contribution in [0.15, 0.2) is 109 Å². The van der Waals surface area contributed by atoms with Crippen LogP contribution in [0.1, 0.15) is 335 Å². The van der Waals surface area contributed by atoms with E-state index in [1.807, 2.05) is 0 Å². The molecule has 0 rings (SSSR count). The molecule has 0 heterocycles. The molecule has 0 radical (unpaired) electrons. The summed E-state index contributed by atoms with van der Waals surface area (Å²) in [5.74, 6) is -0.874. The van der Waals surface area contributed by atoms with Crippen molar-refractivity contribution in [3.8, 4) is 0 Å². The fourth-order valence-corrected chi connectivity index (χ4v) is 9.88. The van der Waals surface area contributed by atoms with Crippen molar-refractivity contribution in [2.45, 2.75) is 341 Å². The topological polar surface area (TPSA) is 78.9 Å². The van der Waals surface area contributed by atoms with E-state index >= 15 is 0 Å². The van der Waals surface area contributed by atoms with Gasteiger partial charge in [0.15, 0.2) is 6.10 Å². The molecule has 0 N–H and O–H groups in total. The molecule has 6 nitrogen and oxygen atoms in total. The Kier molecular flexibility index (Phi) is 66.2. The summed E-state index contributed by atoms with van der Waals surface area (Å²) in [5, 5.41) is 0. The van der Waals surface area contributed by atoms with E-state index in [9.17, 15) is 14.4 Å². The predicted molar refractivity (Wildman–Crippen MR) is 357 cm³/mol. The van der Waals surface area contributed by atoms with Crippen LogP contribution in [0, 0.1) is 0 Å². The minimum atomic E-state index is -0.776. The number of ether oxygens (including phenoxy) is 3. The fourth-order valence-electron chi connectivity index (χ4n) is 9.88. The van der Waals surface area contributed by atoms with Gasteiger partial charge >= 0.3 is 17.9 Å². The van der Waals surface area contributed by atoms with Crippen LogP contribution in [0.25, 0.3) is 0 Å². The Morgan fingerprint density at radius 3 is 0.744 bits per heavy atom. The number of esters is 3. The van der Waals surface area contributed by atoms with Crippen LogP contribution in [0.2, 0.25) is 0 Å². The highest BCUT2D eigenvalue weighted by molar-refractivity contribution is 5.71. The van der Waals surface area contributed by atoms with Gasteiger partial charge in [0.2, 0.25) is 0 Å². The summed E-state index contributed by atoms with van der Waals surface area (Å²) in [7, 11) is 0. The van der Waals surface area contributed by atoms with E-state index in [4.69, 9.17) is 14.2 Å². The molecule has 0 fully saturated rings. The third-order valence-electron chi connectivity index (χ3n) is 15.0. The molecule has 0 aliphatic heterocycles. The lowest BCUT2D eigenvalue weighted by atomic mass is 10.0. The molecule has 0 saturated heterocycles. The SMILES string of the molecule is CC/C=C\C/C=C\C/C=C\C/C=C\C/C=C\CCCCCCCCCCCCCCCCCCCC(=O)OCC(COC(=O)CCCCCCCC)OC(=O)CCCCCCCCCCCCCC/C=C\C/C=C\C/C=C\C/C=C\CC. The number of hydrogen-bond donors (Lipinski definition) is 0. The van der Waals surface area contributed by atoms with Crippen molar-refractivity contribution in [1.29, 1.82) is 0 Å². The molecule has 0 aromatic rings. The van der Waals surface area contributed by atoms with Crippen LogP contribution in [-0.4, -0.2) is 37.2 Å². The average molecular weight is 1140 g/mol. The largest absolute Gasteiger partial charge is 0.462 e. The summed E-state index contributed by atoms with van der Waals surface area (Å²) in [5.41, 5.74) is 0. The van der Waals surface area contributed by atoms with Crippen molar-refractivity contribution in [1.82, 2.24) is 0 Å². The summed E-state index contributed by atoms with van der Waals surface area (Å²) >= 11 is 0. The van der Waals surface area contributed by atoms with E-state index in [1.54, 1.807) is 0 Å². The van der Waals surface area contributed by atoms with Gasteiger partial charge in [0.05, 0.1) is 0 Å². The zero-order valence-corrected chi connectivity index (χ0v) is 54.0. The van der Waals surface area contributed by atoms with Gasteiger partial charge in [-0.1, -0.05) is 323 Å². The molecule has 82 heavy (non-hydrogen) atoms. The first-order valence-corrected chi connectivity index (χ1v) is 34.9. The van der Waals surface area contributed by atoms with E-state index in [1.165, 1.54) is 180 Å². The smallest absolute Gasteiger partial charge is 0.306 e. The first-order chi connectivity index (χ1) is 40.5. The molecule has 1 atom stereocenters. The van der Waals surface area contributed by atoms with Crippen molar-refractivity contribution in [2.75, 3.05) is 13.2 Å². The molecule has 1 unspecified atom stereocenters. The first kappa shape index (κ1) is 78.1. The quantitative estimate of drug-likeness (QED) is 0.0261. The Bertz CT molecular complexity index is 1640. The number of carbonyl (C=O) groups is 3. The molecule has 0 bridgehead atoms. The highest BCUT2D eigenvalue weighted by atomic mass is 16.6. The van der Waals surface area contributed by atoms with Gasteiger partial charge in [-0.15, -0.1) is 0 Å². The van der Waals surface area contributed by atoms with Gasteiger partial charge in [-0.2, -0.15) is 0 Å². The van der Waals surface area contributed by atoms with Crippen molar-refractivity contribution in [3.63, 3.8) is 0 Å². The molecule has 0 aliphatic carbocycles. The molecular weight excluding hydrogens is 1010 g/mol. The second kappa shape index (κ2) is 69.6. The van der Waals surface area contributed by atoms with Gasteiger partial charge in [-0.3, -0.25) is 14.4 Å². The third kappa shape index (κ3) is 66.9. The van der Waals surface area contributed by atoms with Crippen molar-refractivity contribution < 1.29 is 28.6 Å². The molecule has 0 aromatic heterocycles. The van der Waals surface area contributed by atoms with Crippen LogP contribution in [-0.2, 0) is 28.6 Å². The van der Waals surface area contributed by atoms with Gasteiger partial charge in [0.1, 0.15) is 13.2 Å². The summed E-state index contributed by atoms with van der Waals surface area (Å²) in [6.07, 6.45) is 95.9. The predicted octanol–water partition coefficient (Wildman–Crippen LogP) is 24.2. The maximum absolute atomic E-state index is 12.9. The molecule has 0 aromatic carbocycles. The molecule has 6 heteroatoms. The van der Waals surface area contributed by atoms with Gasteiger partial charge in [-0.25, -0.2) is 0 Å². The highest BCUT2D eigenvalue weighted by Gasteiger charge is 2.19. The van der Waals surface area contributed by atoms with Gasteiger partial charge in [0.25, 0.3) is 0 Å². The number of allylic oxidation sites excluding steroid dienone is 18. The van der Waals surface area contributed by atoms with E-state index in [2.05, 4.69) is 130 Å². The molecule has 0 amide bonds. The Labute approximate surface area is 508 Å². The van der Waals surface area contributed by atoms with E-state index < -0.39 is 6.10 Å². The molecule has 0 spiro atoms. The summed E-state index contributed by atoms with van der Waals surface area (Å²) in [6, 6.07) is 0. The lowest BCUT2D eigenvalue weighted by Gasteiger charge is -2.18. The standard InChI is InChI=1S/C76H130O6/c1-4-7-10-13-16-18-20-22-24-26-28-30-32-34-35-36-37-38-39-40-41-43-44-46-48-50-52-54-56-58-60-63-66-69-75(78)81-72-73(71-80-74(77)68-65-62-15-12-9-6-3)82-76(79)70-67-64-61-59-57-55-53-51-49-47-45-42-33-31-29-27-25-23-21-19-17-14-11-8-5-2/h7-8,10-11,16-19,22-25,28-31,34-35,73H,4-6,9,12-15,20-21,26-27,32-33,36-72H2,1-3H3/b10-7-,11-8-,18-16-,19-17-,24-22-,25-23-,30-28-,31-29-,35-34-. The maximum atomic E-state index is 12.9. The Hall–Kier alpha value is -3.93. The van der Waals surface area contributed by atoms with Crippen LogP contribution < -0.4 is 0 Å². The highest BCUT2D eigenvalue weighted by Crippen LogP contribution is 2.17. The Morgan fingerprint density at radius 1 is 0.256 bits per heavy atom. The Balaban J connectivity index is 4.00. The second-order valence-electron chi connectivity index (χ2n) is 23.0. The average Bonchev–Trinajstić information content (AvgIpc) is 3.47. The molecule has 0 saturated carbocycles. The number of hydrogen-bond acceptors (Lipinski definition) is 6. The zero-order valence-electron chi connectivity index (χ0n) is 54.0. The normalized spacial score (nSPS) is 12.8. The van der Waals surface area contributed by atoms with Gasteiger partial charge in [-0.05, 0) is 103 Å². The summed E-state index contributed by atoms with van der Waals surface area (Å²) in [6.45, 7) is 6.39. The van der Waals surface area contributed by atoms with Gasteiger partial charge in [0, 0.05) is 19.3 Å². The van der Waals surface area contributed by atoms with Crippen LogP contribution in [0.4, 0.5) is 0 Å². The monoisotopic (exact) mass is 1140 g/mol. The lowest BCUT2D eigenvalue weighted by molar-refractivity contribution is -0.167. The van der Waals surface area contributed by atoms with Crippen molar-refractivity contribution in [2.24, 2.45) is 0 Å². The fraction of sp³-hybridized carbons (Fsp3) is 0.724. The number of rotatable bonds is 63. The minimum absolute atomic E-state index is 0.0750.